The van der Waals surface area contributed by atoms with Gasteiger partial charge in [-0.25, -0.2) is 0 Å². The van der Waals surface area contributed by atoms with Gasteiger partial charge in [0.2, 0.25) is 0 Å². The first-order valence-corrected chi connectivity index (χ1v) is 6.36. The monoisotopic (exact) mass is 213 g/mol. The van der Waals surface area contributed by atoms with E-state index in [1.807, 2.05) is 0 Å². The Hall–Kier alpha value is -0.0800. The van der Waals surface area contributed by atoms with Crippen molar-refractivity contribution in [1.29, 1.82) is 0 Å². The van der Waals surface area contributed by atoms with Crippen LogP contribution in [-0.4, -0.2) is 26.3 Å². The van der Waals surface area contributed by atoms with Gasteiger partial charge < -0.3 is 10.1 Å². The molecule has 0 radical (unpaired) electrons. The summed E-state index contributed by atoms with van der Waals surface area (Å²) >= 11 is 0. The molecule has 2 unspecified atom stereocenters. The van der Waals surface area contributed by atoms with Crippen LogP contribution in [0.2, 0.25) is 0 Å². The van der Waals surface area contributed by atoms with E-state index in [0.29, 0.717) is 11.5 Å². The van der Waals surface area contributed by atoms with Crippen LogP contribution in [0, 0.1) is 11.3 Å². The van der Waals surface area contributed by atoms with Crippen LogP contribution in [0.3, 0.4) is 0 Å². The zero-order chi connectivity index (χ0) is 11.3. The lowest BCUT2D eigenvalue weighted by atomic mass is 9.86. The molecular formula is C13H27NO. The van der Waals surface area contributed by atoms with E-state index < -0.39 is 0 Å². The lowest BCUT2D eigenvalue weighted by molar-refractivity contribution is 0.156. The van der Waals surface area contributed by atoms with Crippen LogP contribution >= 0.6 is 0 Å². The van der Waals surface area contributed by atoms with Crippen LogP contribution in [0.4, 0.5) is 0 Å². The largest absolute Gasteiger partial charge is 0.385 e. The summed E-state index contributed by atoms with van der Waals surface area (Å²) < 4.78 is 5.17. The second-order valence-electron chi connectivity index (χ2n) is 5.34. The predicted octanol–water partition coefficient (Wildman–Crippen LogP) is 2.83. The number of hydrogen-bond acceptors (Lipinski definition) is 2. The first-order chi connectivity index (χ1) is 7.14. The highest BCUT2D eigenvalue weighted by atomic mass is 16.5. The minimum absolute atomic E-state index is 0.572. The van der Waals surface area contributed by atoms with E-state index in [9.17, 15) is 0 Å². The summed E-state index contributed by atoms with van der Waals surface area (Å²) in [7, 11) is 1.79. The molecule has 0 aromatic carbocycles. The third-order valence-corrected chi connectivity index (χ3v) is 3.75. The van der Waals surface area contributed by atoms with Crippen LogP contribution in [0.15, 0.2) is 0 Å². The Morgan fingerprint density at radius 1 is 1.40 bits per heavy atom. The van der Waals surface area contributed by atoms with Gasteiger partial charge in [0.25, 0.3) is 0 Å². The molecule has 90 valence electrons. The zero-order valence-electron chi connectivity index (χ0n) is 10.8. The zero-order valence-corrected chi connectivity index (χ0v) is 10.8. The third-order valence-electron chi connectivity index (χ3n) is 3.75. The Bertz CT molecular complexity index is 177. The molecule has 1 N–H and O–H groups in total. The molecule has 2 heteroatoms. The van der Waals surface area contributed by atoms with Crippen LogP contribution in [-0.2, 0) is 4.74 Å². The van der Waals surface area contributed by atoms with Crippen LogP contribution < -0.4 is 5.32 Å². The molecule has 2 atom stereocenters. The Labute approximate surface area is 94.8 Å². The molecule has 2 nitrogen and oxygen atoms in total. The van der Waals surface area contributed by atoms with Crippen molar-refractivity contribution >= 4 is 0 Å². The number of hydrogen-bond donors (Lipinski definition) is 1. The van der Waals surface area contributed by atoms with Crippen molar-refractivity contribution in [3.63, 3.8) is 0 Å². The van der Waals surface area contributed by atoms with E-state index in [1.54, 1.807) is 7.11 Å². The Balaban J connectivity index is 2.40. The molecule has 0 aliphatic heterocycles. The Kier molecular flexibility index (Phi) is 5.07. The molecule has 0 amide bonds. The van der Waals surface area contributed by atoms with Gasteiger partial charge in [0.05, 0.1) is 0 Å². The minimum atomic E-state index is 0.572. The van der Waals surface area contributed by atoms with Crippen LogP contribution in [0.5, 0.6) is 0 Å². The number of ether oxygens (including phenoxy) is 1. The summed E-state index contributed by atoms with van der Waals surface area (Å²) in [6.45, 7) is 9.05. The van der Waals surface area contributed by atoms with Crippen molar-refractivity contribution in [2.45, 2.75) is 52.5 Å². The number of rotatable bonds is 8. The van der Waals surface area contributed by atoms with E-state index in [0.717, 1.165) is 19.1 Å². The Morgan fingerprint density at radius 3 is 2.53 bits per heavy atom. The molecule has 0 saturated heterocycles. The van der Waals surface area contributed by atoms with Crippen molar-refractivity contribution in [3.8, 4) is 0 Å². The van der Waals surface area contributed by atoms with Gasteiger partial charge in [-0.3, -0.25) is 0 Å². The molecule has 0 bridgehead atoms. The standard InChI is InChI=1S/C13H27NO/c1-5-9-14-12(13(3)7-8-13)11(2)6-10-15-4/h11-12,14H,5-10H2,1-4H3. The van der Waals surface area contributed by atoms with Gasteiger partial charge in [-0.15, -0.1) is 0 Å². The molecule has 15 heavy (non-hydrogen) atoms. The summed E-state index contributed by atoms with van der Waals surface area (Å²) in [6.07, 6.45) is 5.19. The first-order valence-electron chi connectivity index (χ1n) is 6.36. The van der Waals surface area contributed by atoms with Gasteiger partial charge in [-0.1, -0.05) is 20.8 Å². The van der Waals surface area contributed by atoms with Gasteiger partial charge in [0.15, 0.2) is 0 Å². The normalized spacial score (nSPS) is 22.4. The van der Waals surface area contributed by atoms with Crippen molar-refractivity contribution in [3.05, 3.63) is 0 Å². The minimum Gasteiger partial charge on any atom is -0.385 e. The van der Waals surface area contributed by atoms with Crippen molar-refractivity contribution in [1.82, 2.24) is 5.32 Å². The second-order valence-corrected chi connectivity index (χ2v) is 5.34. The highest BCUT2D eigenvalue weighted by Crippen LogP contribution is 2.50. The maximum Gasteiger partial charge on any atom is 0.0465 e. The van der Waals surface area contributed by atoms with Crippen LogP contribution in [0.25, 0.3) is 0 Å². The third kappa shape index (κ3) is 3.76. The fraction of sp³-hybridized carbons (Fsp3) is 1.00. The lowest BCUT2D eigenvalue weighted by Crippen LogP contribution is -2.42. The van der Waals surface area contributed by atoms with E-state index in [-0.39, 0.29) is 0 Å². The van der Waals surface area contributed by atoms with Crippen molar-refractivity contribution in [2.24, 2.45) is 11.3 Å². The van der Waals surface area contributed by atoms with E-state index in [2.05, 4.69) is 26.1 Å². The van der Waals surface area contributed by atoms with Gasteiger partial charge >= 0.3 is 0 Å². The van der Waals surface area contributed by atoms with E-state index in [1.165, 1.54) is 25.7 Å². The SMILES string of the molecule is CCCNC(C(C)CCOC)C1(C)CC1. The molecule has 1 rings (SSSR count). The van der Waals surface area contributed by atoms with Gasteiger partial charge in [0.1, 0.15) is 0 Å². The summed E-state index contributed by atoms with van der Waals surface area (Å²) in [4.78, 5) is 0. The summed E-state index contributed by atoms with van der Waals surface area (Å²) in [6, 6.07) is 0.688. The number of nitrogens with one attached hydrogen (secondary N) is 1. The Morgan fingerprint density at radius 2 is 2.07 bits per heavy atom. The van der Waals surface area contributed by atoms with E-state index in [4.69, 9.17) is 4.74 Å². The van der Waals surface area contributed by atoms with Crippen molar-refractivity contribution in [2.75, 3.05) is 20.3 Å². The molecular weight excluding hydrogens is 186 g/mol. The van der Waals surface area contributed by atoms with Gasteiger partial charge in [-0.05, 0) is 43.6 Å². The summed E-state index contributed by atoms with van der Waals surface area (Å²) in [5, 5.41) is 3.72. The molecule has 0 aromatic heterocycles. The molecule has 1 fully saturated rings. The maximum absolute atomic E-state index is 5.17. The fourth-order valence-corrected chi connectivity index (χ4v) is 2.41. The smallest absolute Gasteiger partial charge is 0.0465 e. The van der Waals surface area contributed by atoms with Gasteiger partial charge in [0, 0.05) is 19.8 Å². The summed E-state index contributed by atoms with van der Waals surface area (Å²) in [5.41, 5.74) is 0.572. The van der Waals surface area contributed by atoms with Crippen molar-refractivity contribution < 1.29 is 4.74 Å². The number of methoxy groups -OCH3 is 1. The fourth-order valence-electron chi connectivity index (χ4n) is 2.41. The summed E-state index contributed by atoms with van der Waals surface area (Å²) in [5.74, 6) is 0.726. The average molecular weight is 213 g/mol. The molecule has 0 aromatic rings. The molecule has 1 saturated carbocycles. The topological polar surface area (TPSA) is 21.3 Å². The predicted molar refractivity (Wildman–Crippen MR) is 65.1 cm³/mol. The highest BCUT2D eigenvalue weighted by Gasteiger charge is 2.46. The first kappa shape index (κ1) is 13.0. The van der Waals surface area contributed by atoms with Gasteiger partial charge in [-0.2, -0.15) is 0 Å². The van der Waals surface area contributed by atoms with Crippen LogP contribution in [0.1, 0.15) is 46.5 Å². The van der Waals surface area contributed by atoms with E-state index >= 15 is 0 Å². The second kappa shape index (κ2) is 5.86. The quantitative estimate of drug-likeness (QED) is 0.669. The highest BCUT2D eigenvalue weighted by molar-refractivity contribution is 5.00. The molecule has 1 aliphatic carbocycles. The average Bonchev–Trinajstić information content (AvgIpc) is 2.94. The lowest BCUT2D eigenvalue weighted by Gasteiger charge is -2.30. The molecule has 0 spiro atoms. The molecule has 0 heterocycles. The molecule has 1 aliphatic rings. The maximum atomic E-state index is 5.17.